The minimum absolute atomic E-state index is 0.133. The van der Waals surface area contributed by atoms with E-state index in [9.17, 15) is 13.2 Å². The third-order valence-electron chi connectivity index (χ3n) is 3.75. The van der Waals surface area contributed by atoms with Crippen LogP contribution in [0.2, 0.25) is 0 Å². The normalized spacial score (nSPS) is 11.0. The van der Waals surface area contributed by atoms with E-state index in [0.717, 1.165) is 5.56 Å². The molecule has 1 amide bonds. The maximum atomic E-state index is 12.6. The maximum Gasteiger partial charge on any atom is 0.261 e. The Balaban J connectivity index is 1.88. The van der Waals surface area contributed by atoms with Crippen molar-refractivity contribution in [3.05, 3.63) is 90.0 Å². The Morgan fingerprint density at radius 3 is 2.27 bits per heavy atom. The third-order valence-corrected chi connectivity index (χ3v) is 5.13. The average molecular weight is 366 g/mol. The molecule has 3 rings (SSSR count). The van der Waals surface area contributed by atoms with Crippen molar-refractivity contribution in [1.29, 1.82) is 0 Å². The van der Waals surface area contributed by atoms with Crippen LogP contribution in [0.5, 0.6) is 0 Å². The van der Waals surface area contributed by atoms with Crippen molar-refractivity contribution in [3.63, 3.8) is 0 Å². The fourth-order valence-corrected chi connectivity index (χ4v) is 3.60. The van der Waals surface area contributed by atoms with Crippen LogP contribution in [-0.4, -0.2) is 14.3 Å². The second-order valence-corrected chi connectivity index (χ2v) is 7.47. The van der Waals surface area contributed by atoms with Crippen LogP contribution < -0.4 is 10.0 Å². The Hall–Kier alpha value is -3.12. The molecule has 0 aliphatic rings. The zero-order chi connectivity index (χ0) is 18.6. The van der Waals surface area contributed by atoms with Crippen LogP contribution in [0.3, 0.4) is 0 Å². The molecule has 0 unspecified atom stereocenters. The van der Waals surface area contributed by atoms with Gasteiger partial charge in [0.2, 0.25) is 0 Å². The van der Waals surface area contributed by atoms with Gasteiger partial charge >= 0.3 is 0 Å². The Bertz CT molecular complexity index is 1030. The Morgan fingerprint density at radius 2 is 1.54 bits per heavy atom. The fraction of sp³-hybridized carbons (Fsp3) is 0.0500. The molecular weight excluding hydrogens is 348 g/mol. The lowest BCUT2D eigenvalue weighted by molar-refractivity contribution is 0.102. The van der Waals surface area contributed by atoms with E-state index in [1.165, 1.54) is 12.1 Å². The quantitative estimate of drug-likeness (QED) is 0.715. The predicted octanol–water partition coefficient (Wildman–Crippen LogP) is 4.05. The van der Waals surface area contributed by atoms with Crippen molar-refractivity contribution < 1.29 is 13.2 Å². The molecule has 0 radical (unpaired) electrons. The third kappa shape index (κ3) is 4.10. The van der Waals surface area contributed by atoms with Gasteiger partial charge in [-0.3, -0.25) is 9.52 Å². The van der Waals surface area contributed by atoms with Crippen LogP contribution in [0.25, 0.3) is 0 Å². The Morgan fingerprint density at radius 1 is 0.846 bits per heavy atom. The highest BCUT2D eigenvalue weighted by Crippen LogP contribution is 2.21. The summed E-state index contributed by atoms with van der Waals surface area (Å²) in [4.78, 5) is 12.8. The highest BCUT2D eigenvalue weighted by molar-refractivity contribution is 7.92. The van der Waals surface area contributed by atoms with Gasteiger partial charge in [0.05, 0.1) is 16.1 Å². The predicted molar refractivity (Wildman–Crippen MR) is 103 cm³/mol. The van der Waals surface area contributed by atoms with Gasteiger partial charge in [-0.2, -0.15) is 0 Å². The first-order chi connectivity index (χ1) is 12.5. The first-order valence-electron chi connectivity index (χ1n) is 8.01. The molecule has 0 aliphatic carbocycles. The lowest BCUT2D eigenvalue weighted by Crippen LogP contribution is -2.18. The van der Waals surface area contributed by atoms with Crippen molar-refractivity contribution in [2.75, 3.05) is 10.0 Å². The van der Waals surface area contributed by atoms with Gasteiger partial charge in [0.15, 0.2) is 0 Å². The van der Waals surface area contributed by atoms with E-state index in [2.05, 4.69) is 10.0 Å². The van der Waals surface area contributed by atoms with Crippen molar-refractivity contribution >= 4 is 27.3 Å². The lowest BCUT2D eigenvalue weighted by Gasteiger charge is -2.13. The summed E-state index contributed by atoms with van der Waals surface area (Å²) in [6.45, 7) is 1.93. The number of carbonyl (C=O) groups excluding carboxylic acids is 1. The molecule has 6 heteroatoms. The van der Waals surface area contributed by atoms with Crippen LogP contribution in [0.4, 0.5) is 11.4 Å². The lowest BCUT2D eigenvalue weighted by atomic mass is 10.1. The molecule has 0 atom stereocenters. The monoisotopic (exact) mass is 366 g/mol. The zero-order valence-electron chi connectivity index (χ0n) is 14.1. The maximum absolute atomic E-state index is 12.6. The molecule has 0 aliphatic heterocycles. The topological polar surface area (TPSA) is 75.3 Å². The number of sulfonamides is 1. The molecule has 0 fully saturated rings. The van der Waals surface area contributed by atoms with E-state index < -0.39 is 10.0 Å². The minimum Gasteiger partial charge on any atom is -0.322 e. The van der Waals surface area contributed by atoms with Gasteiger partial charge in [0, 0.05) is 5.69 Å². The molecule has 26 heavy (non-hydrogen) atoms. The Kier molecular flexibility index (Phi) is 5.04. The number of anilines is 2. The molecule has 0 spiro atoms. The van der Waals surface area contributed by atoms with Gasteiger partial charge in [-0.1, -0.05) is 42.5 Å². The van der Waals surface area contributed by atoms with Crippen LogP contribution in [0, 0.1) is 6.92 Å². The van der Waals surface area contributed by atoms with Gasteiger partial charge in [0.1, 0.15) is 0 Å². The molecule has 0 aromatic heterocycles. The molecule has 3 aromatic carbocycles. The molecular formula is C20H18N2O3S. The number of carbonyl (C=O) groups is 1. The fourth-order valence-electron chi connectivity index (χ4n) is 2.49. The number of nitrogens with one attached hydrogen (secondary N) is 2. The molecule has 0 saturated carbocycles. The summed E-state index contributed by atoms with van der Waals surface area (Å²) in [6.07, 6.45) is 0. The van der Waals surface area contributed by atoms with Crippen LogP contribution >= 0.6 is 0 Å². The summed E-state index contributed by atoms with van der Waals surface area (Å²) in [5.74, 6) is -0.387. The summed E-state index contributed by atoms with van der Waals surface area (Å²) in [5, 5.41) is 2.79. The Labute approximate surface area is 152 Å². The molecule has 5 nitrogen and oxygen atoms in total. The average Bonchev–Trinajstić information content (AvgIpc) is 2.62. The van der Waals surface area contributed by atoms with E-state index >= 15 is 0 Å². The van der Waals surface area contributed by atoms with Crippen LogP contribution in [0.15, 0.2) is 83.8 Å². The second kappa shape index (κ2) is 7.41. The summed E-state index contributed by atoms with van der Waals surface area (Å²) in [7, 11) is -3.78. The van der Waals surface area contributed by atoms with Crippen molar-refractivity contribution in [2.45, 2.75) is 11.8 Å². The molecule has 0 saturated heterocycles. The minimum atomic E-state index is -3.78. The first kappa shape index (κ1) is 17.7. The van der Waals surface area contributed by atoms with Crippen LogP contribution in [-0.2, 0) is 10.0 Å². The van der Waals surface area contributed by atoms with E-state index in [1.807, 2.05) is 25.1 Å². The summed E-state index contributed by atoms with van der Waals surface area (Å²) in [6, 6.07) is 21.9. The number of rotatable bonds is 5. The number of aryl methyl sites for hydroxylation is 1. The molecule has 3 aromatic rings. The van der Waals surface area contributed by atoms with Gasteiger partial charge < -0.3 is 5.32 Å². The molecule has 0 heterocycles. The number of amides is 1. The summed E-state index contributed by atoms with van der Waals surface area (Å²) < 4.78 is 27.6. The second-order valence-electron chi connectivity index (χ2n) is 5.79. The number of para-hydroxylation sites is 1. The smallest absolute Gasteiger partial charge is 0.261 e. The number of benzene rings is 3. The highest BCUT2D eigenvalue weighted by atomic mass is 32.2. The first-order valence-corrected chi connectivity index (χ1v) is 9.49. The van der Waals surface area contributed by atoms with E-state index in [-0.39, 0.29) is 22.1 Å². The zero-order valence-corrected chi connectivity index (χ0v) is 15.0. The van der Waals surface area contributed by atoms with Gasteiger partial charge in [-0.25, -0.2) is 8.42 Å². The van der Waals surface area contributed by atoms with Gasteiger partial charge in [-0.15, -0.1) is 0 Å². The molecule has 132 valence electrons. The molecule has 2 N–H and O–H groups in total. The SMILES string of the molecule is Cc1cccc(NC(=O)c2ccccc2NS(=O)(=O)c2ccccc2)c1. The number of hydrogen-bond donors (Lipinski definition) is 2. The summed E-state index contributed by atoms with van der Waals surface area (Å²) >= 11 is 0. The van der Waals surface area contributed by atoms with E-state index in [4.69, 9.17) is 0 Å². The van der Waals surface area contributed by atoms with Crippen LogP contribution in [0.1, 0.15) is 15.9 Å². The standard InChI is InChI=1S/C20H18N2O3S/c1-15-8-7-9-16(14-15)21-20(23)18-12-5-6-13-19(18)22-26(24,25)17-10-3-2-4-11-17/h2-14,22H,1H3,(H,21,23). The van der Waals surface area contributed by atoms with Crippen molar-refractivity contribution in [1.82, 2.24) is 0 Å². The highest BCUT2D eigenvalue weighted by Gasteiger charge is 2.18. The summed E-state index contributed by atoms with van der Waals surface area (Å²) in [5.41, 5.74) is 2.13. The van der Waals surface area contributed by atoms with E-state index in [0.29, 0.717) is 5.69 Å². The van der Waals surface area contributed by atoms with Gasteiger partial charge in [0.25, 0.3) is 15.9 Å². The number of hydrogen-bond acceptors (Lipinski definition) is 3. The van der Waals surface area contributed by atoms with E-state index in [1.54, 1.807) is 48.5 Å². The largest absolute Gasteiger partial charge is 0.322 e. The van der Waals surface area contributed by atoms with Crippen molar-refractivity contribution in [2.24, 2.45) is 0 Å². The van der Waals surface area contributed by atoms with Gasteiger partial charge in [-0.05, 0) is 48.9 Å². The van der Waals surface area contributed by atoms with Crippen molar-refractivity contribution in [3.8, 4) is 0 Å². The molecule has 0 bridgehead atoms.